The van der Waals surface area contributed by atoms with E-state index < -0.39 is 5.82 Å². The second-order valence-electron chi connectivity index (χ2n) is 5.34. The van der Waals surface area contributed by atoms with E-state index in [-0.39, 0.29) is 29.3 Å². The Hall–Kier alpha value is -1.33. The smallest absolute Gasteiger partial charge is 0.256 e. The van der Waals surface area contributed by atoms with Crippen LogP contribution in [0.4, 0.5) is 4.39 Å². The van der Waals surface area contributed by atoms with Crippen molar-refractivity contribution in [2.75, 3.05) is 26.7 Å². The molecule has 6 heteroatoms. The highest BCUT2D eigenvalue weighted by Crippen LogP contribution is 2.30. The van der Waals surface area contributed by atoms with Crippen LogP contribution >= 0.6 is 12.4 Å². The minimum absolute atomic E-state index is 0. The number of hydrogen-bond acceptors (Lipinski definition) is 3. The van der Waals surface area contributed by atoms with Crippen molar-refractivity contribution < 1.29 is 13.9 Å². The molecule has 2 N–H and O–H groups in total. The molecule has 0 radical (unpaired) electrons. The van der Waals surface area contributed by atoms with Crippen molar-refractivity contribution >= 4 is 18.3 Å². The fourth-order valence-electron chi connectivity index (χ4n) is 2.33. The first kappa shape index (κ1) is 16.7. The Morgan fingerprint density at radius 1 is 1.55 bits per heavy atom. The van der Waals surface area contributed by atoms with Crippen molar-refractivity contribution in [2.24, 2.45) is 11.1 Å². The molecule has 20 heavy (non-hydrogen) atoms. The van der Waals surface area contributed by atoms with Gasteiger partial charge in [-0.15, -0.1) is 12.4 Å². The molecule has 0 saturated carbocycles. The number of carbonyl (C=O) groups is 1. The molecule has 1 atom stereocenters. The number of amides is 1. The van der Waals surface area contributed by atoms with Gasteiger partial charge < -0.3 is 15.4 Å². The van der Waals surface area contributed by atoms with Crippen LogP contribution in [0.2, 0.25) is 0 Å². The van der Waals surface area contributed by atoms with Gasteiger partial charge in [-0.05, 0) is 30.5 Å². The average molecular weight is 303 g/mol. The zero-order valence-electron chi connectivity index (χ0n) is 11.7. The first-order chi connectivity index (χ1) is 8.99. The summed E-state index contributed by atoms with van der Waals surface area (Å²) in [6.07, 6.45) is 0.854. The normalized spacial score (nSPS) is 21.5. The van der Waals surface area contributed by atoms with Gasteiger partial charge in [0.1, 0.15) is 11.6 Å². The molecule has 0 bridgehead atoms. The van der Waals surface area contributed by atoms with Gasteiger partial charge in [-0.25, -0.2) is 4.39 Å². The van der Waals surface area contributed by atoms with E-state index in [0.717, 1.165) is 6.42 Å². The molecule has 1 aliphatic rings. The molecule has 0 aliphatic carbocycles. The minimum atomic E-state index is -0.550. The largest absolute Gasteiger partial charge is 0.497 e. The lowest BCUT2D eigenvalue weighted by atomic mass is 9.90. The highest BCUT2D eigenvalue weighted by Gasteiger charge is 2.35. The number of ether oxygens (including phenoxy) is 1. The highest BCUT2D eigenvalue weighted by atomic mass is 35.5. The highest BCUT2D eigenvalue weighted by molar-refractivity contribution is 5.94. The molecule has 0 spiro atoms. The van der Waals surface area contributed by atoms with Crippen LogP contribution in [-0.4, -0.2) is 37.6 Å². The first-order valence-corrected chi connectivity index (χ1v) is 6.32. The molecule has 1 aromatic rings. The van der Waals surface area contributed by atoms with E-state index in [2.05, 4.69) is 0 Å². The first-order valence-electron chi connectivity index (χ1n) is 6.32. The summed E-state index contributed by atoms with van der Waals surface area (Å²) in [5, 5.41) is 0. The molecule has 1 saturated heterocycles. The lowest BCUT2D eigenvalue weighted by molar-refractivity contribution is 0.0772. The molecule has 0 aromatic heterocycles. The third-order valence-electron chi connectivity index (χ3n) is 3.74. The molecule has 112 valence electrons. The van der Waals surface area contributed by atoms with Crippen molar-refractivity contribution in [1.29, 1.82) is 0 Å². The van der Waals surface area contributed by atoms with Crippen molar-refractivity contribution in [3.8, 4) is 5.75 Å². The van der Waals surface area contributed by atoms with Crippen molar-refractivity contribution in [3.63, 3.8) is 0 Å². The standard InChI is InChI=1S/C14H19FN2O2.ClH/c1-14(8-16)5-6-17(9-14)13(18)11-4-3-10(19-2)7-12(11)15;/h3-4,7H,5-6,8-9,16H2,1-2H3;1H. The van der Waals surface area contributed by atoms with Crippen LogP contribution in [0.3, 0.4) is 0 Å². The van der Waals surface area contributed by atoms with Gasteiger partial charge in [0.2, 0.25) is 0 Å². The quantitative estimate of drug-likeness (QED) is 0.930. The van der Waals surface area contributed by atoms with Crippen molar-refractivity contribution in [2.45, 2.75) is 13.3 Å². The summed E-state index contributed by atoms with van der Waals surface area (Å²) >= 11 is 0. The molecule has 1 aromatic carbocycles. The topological polar surface area (TPSA) is 55.6 Å². The summed E-state index contributed by atoms with van der Waals surface area (Å²) in [6, 6.07) is 4.29. The maximum atomic E-state index is 13.9. The number of rotatable bonds is 3. The molecule has 1 amide bonds. The zero-order valence-corrected chi connectivity index (χ0v) is 12.5. The number of benzene rings is 1. The lowest BCUT2D eigenvalue weighted by Gasteiger charge is -2.22. The number of nitrogens with two attached hydrogens (primary N) is 1. The van der Waals surface area contributed by atoms with Crippen LogP contribution < -0.4 is 10.5 Å². The summed E-state index contributed by atoms with van der Waals surface area (Å²) in [5.74, 6) is -0.426. The van der Waals surface area contributed by atoms with Crippen LogP contribution in [0.25, 0.3) is 0 Å². The van der Waals surface area contributed by atoms with Gasteiger partial charge in [-0.3, -0.25) is 4.79 Å². The van der Waals surface area contributed by atoms with E-state index in [1.54, 1.807) is 11.0 Å². The van der Waals surface area contributed by atoms with Gasteiger partial charge in [-0.1, -0.05) is 6.92 Å². The molecular formula is C14H20ClFN2O2. The number of likely N-dealkylation sites (tertiary alicyclic amines) is 1. The Morgan fingerprint density at radius 2 is 2.25 bits per heavy atom. The number of nitrogens with zero attached hydrogens (tertiary/aromatic N) is 1. The Kier molecular flexibility index (Phi) is 5.36. The third kappa shape index (κ3) is 3.22. The molecule has 2 rings (SSSR count). The molecular weight excluding hydrogens is 283 g/mol. The SMILES string of the molecule is COc1ccc(C(=O)N2CCC(C)(CN)C2)c(F)c1.Cl. The predicted octanol–water partition coefficient (Wildman–Crippen LogP) is 2.07. The van der Waals surface area contributed by atoms with E-state index in [0.29, 0.717) is 25.4 Å². The van der Waals surface area contributed by atoms with Crippen LogP contribution in [0.5, 0.6) is 5.75 Å². The van der Waals surface area contributed by atoms with E-state index >= 15 is 0 Å². The van der Waals surface area contributed by atoms with Gasteiger partial charge in [0.15, 0.2) is 0 Å². The Labute approximate surface area is 124 Å². The molecule has 1 heterocycles. The van der Waals surface area contributed by atoms with E-state index in [1.807, 2.05) is 6.92 Å². The number of carbonyl (C=O) groups excluding carboxylic acids is 1. The van der Waals surface area contributed by atoms with Gasteiger partial charge >= 0.3 is 0 Å². The predicted molar refractivity (Wildman–Crippen MR) is 77.9 cm³/mol. The summed E-state index contributed by atoms with van der Waals surface area (Å²) in [4.78, 5) is 13.9. The maximum absolute atomic E-state index is 13.9. The summed E-state index contributed by atoms with van der Waals surface area (Å²) in [6.45, 7) is 3.78. The molecule has 4 nitrogen and oxygen atoms in total. The monoisotopic (exact) mass is 302 g/mol. The second kappa shape index (κ2) is 6.41. The van der Waals surface area contributed by atoms with Crippen molar-refractivity contribution in [1.82, 2.24) is 4.90 Å². The number of hydrogen-bond donors (Lipinski definition) is 1. The van der Waals surface area contributed by atoms with Gasteiger partial charge in [0.05, 0.1) is 12.7 Å². The zero-order chi connectivity index (χ0) is 14.0. The van der Waals surface area contributed by atoms with Gasteiger partial charge in [0, 0.05) is 19.2 Å². The Balaban J connectivity index is 0.00000200. The number of methoxy groups -OCH3 is 1. The van der Waals surface area contributed by atoms with Crippen LogP contribution in [-0.2, 0) is 0 Å². The average Bonchev–Trinajstić information content (AvgIpc) is 2.81. The molecule has 1 fully saturated rings. The number of halogens is 2. The van der Waals surface area contributed by atoms with Crippen molar-refractivity contribution in [3.05, 3.63) is 29.6 Å². The van der Waals surface area contributed by atoms with Gasteiger partial charge in [0.25, 0.3) is 5.91 Å². The van der Waals surface area contributed by atoms with Crippen LogP contribution in [0.1, 0.15) is 23.7 Å². The maximum Gasteiger partial charge on any atom is 0.256 e. The fraction of sp³-hybridized carbons (Fsp3) is 0.500. The van der Waals surface area contributed by atoms with E-state index in [9.17, 15) is 9.18 Å². The molecule has 1 unspecified atom stereocenters. The summed E-state index contributed by atoms with van der Waals surface area (Å²) < 4.78 is 18.8. The second-order valence-corrected chi connectivity index (χ2v) is 5.34. The Morgan fingerprint density at radius 3 is 2.75 bits per heavy atom. The van der Waals surface area contributed by atoms with Crippen LogP contribution in [0.15, 0.2) is 18.2 Å². The summed E-state index contributed by atoms with van der Waals surface area (Å²) in [5.41, 5.74) is 5.74. The van der Waals surface area contributed by atoms with E-state index in [4.69, 9.17) is 10.5 Å². The lowest BCUT2D eigenvalue weighted by Crippen LogP contribution is -2.34. The minimum Gasteiger partial charge on any atom is -0.497 e. The van der Waals surface area contributed by atoms with Gasteiger partial charge in [-0.2, -0.15) is 0 Å². The molecule has 1 aliphatic heterocycles. The third-order valence-corrected chi connectivity index (χ3v) is 3.74. The Bertz CT molecular complexity index is 498. The van der Waals surface area contributed by atoms with Crippen LogP contribution in [0, 0.1) is 11.2 Å². The fourth-order valence-corrected chi connectivity index (χ4v) is 2.33. The van der Waals surface area contributed by atoms with E-state index in [1.165, 1.54) is 19.2 Å². The summed E-state index contributed by atoms with van der Waals surface area (Å²) in [7, 11) is 1.46.